The Morgan fingerprint density at radius 2 is 1.88 bits per heavy atom. The van der Waals surface area contributed by atoms with E-state index in [4.69, 9.17) is 5.73 Å². The summed E-state index contributed by atoms with van der Waals surface area (Å²) in [7, 11) is 0. The summed E-state index contributed by atoms with van der Waals surface area (Å²) in [6, 6.07) is -0.534. The van der Waals surface area contributed by atoms with Crippen molar-refractivity contribution < 1.29 is 9.90 Å². The van der Waals surface area contributed by atoms with Gasteiger partial charge in [-0.1, -0.05) is 40.0 Å². The normalized spacial score (nSPS) is 21.9. The monoisotopic (exact) mass is 242 g/mol. The molecule has 0 heterocycles. The number of aliphatic hydroxyl groups excluding tert-OH is 1. The maximum Gasteiger partial charge on any atom is 0.237 e. The molecule has 1 atom stereocenters. The lowest BCUT2D eigenvalue weighted by molar-refractivity contribution is -0.127. The van der Waals surface area contributed by atoms with Crippen LogP contribution in [-0.4, -0.2) is 29.2 Å². The van der Waals surface area contributed by atoms with Gasteiger partial charge in [0.05, 0.1) is 18.2 Å². The Bertz CT molecular complexity index is 265. The largest absolute Gasteiger partial charge is 0.394 e. The van der Waals surface area contributed by atoms with Crippen molar-refractivity contribution in [1.29, 1.82) is 0 Å². The minimum Gasteiger partial charge on any atom is -0.394 e. The lowest BCUT2D eigenvalue weighted by atomic mass is 9.81. The highest BCUT2D eigenvalue weighted by Crippen LogP contribution is 2.28. The molecule has 100 valence electrons. The van der Waals surface area contributed by atoms with Gasteiger partial charge in [0.15, 0.2) is 0 Å². The molecule has 4 heteroatoms. The molecule has 1 saturated carbocycles. The average molecular weight is 242 g/mol. The van der Waals surface area contributed by atoms with Crippen LogP contribution < -0.4 is 11.1 Å². The van der Waals surface area contributed by atoms with Gasteiger partial charge in [0.1, 0.15) is 0 Å². The number of carbonyl (C=O) groups is 1. The number of hydrogen-bond donors (Lipinski definition) is 3. The van der Waals surface area contributed by atoms with E-state index in [-0.39, 0.29) is 17.9 Å². The second kappa shape index (κ2) is 5.36. The van der Waals surface area contributed by atoms with Gasteiger partial charge in [-0.05, 0) is 18.3 Å². The van der Waals surface area contributed by atoms with Crippen LogP contribution in [0.4, 0.5) is 0 Å². The van der Waals surface area contributed by atoms with Crippen LogP contribution in [-0.2, 0) is 4.79 Å². The van der Waals surface area contributed by atoms with Crippen molar-refractivity contribution in [3.05, 3.63) is 0 Å². The molecular weight excluding hydrogens is 216 g/mol. The number of amides is 1. The van der Waals surface area contributed by atoms with Crippen molar-refractivity contribution in [3.8, 4) is 0 Å². The summed E-state index contributed by atoms with van der Waals surface area (Å²) < 4.78 is 0. The predicted molar refractivity (Wildman–Crippen MR) is 68.5 cm³/mol. The average Bonchev–Trinajstić information content (AvgIpc) is 2.28. The summed E-state index contributed by atoms with van der Waals surface area (Å²) in [5.74, 6) is -0.145. The summed E-state index contributed by atoms with van der Waals surface area (Å²) >= 11 is 0. The van der Waals surface area contributed by atoms with Crippen LogP contribution in [0.5, 0.6) is 0 Å². The van der Waals surface area contributed by atoms with E-state index in [0.29, 0.717) is 0 Å². The summed E-state index contributed by atoms with van der Waals surface area (Å²) in [6.45, 7) is 5.85. The Hall–Kier alpha value is -0.610. The first-order valence-electron chi connectivity index (χ1n) is 6.49. The van der Waals surface area contributed by atoms with E-state index in [2.05, 4.69) is 5.32 Å². The Morgan fingerprint density at radius 1 is 1.35 bits per heavy atom. The van der Waals surface area contributed by atoms with Gasteiger partial charge in [0, 0.05) is 0 Å². The molecule has 1 amide bonds. The predicted octanol–water partition coefficient (Wildman–Crippen LogP) is 1.17. The van der Waals surface area contributed by atoms with Gasteiger partial charge in [0.2, 0.25) is 5.91 Å². The fraction of sp³-hybridized carbons (Fsp3) is 0.923. The summed E-state index contributed by atoms with van der Waals surface area (Å²) in [5, 5.41) is 12.5. The summed E-state index contributed by atoms with van der Waals surface area (Å²) in [4.78, 5) is 12.1. The Labute approximate surface area is 104 Å². The minimum absolute atomic E-state index is 0.00953. The molecule has 1 aliphatic carbocycles. The lowest BCUT2D eigenvalue weighted by Gasteiger charge is -2.38. The van der Waals surface area contributed by atoms with Gasteiger partial charge >= 0.3 is 0 Å². The van der Waals surface area contributed by atoms with Crippen molar-refractivity contribution in [2.45, 2.75) is 64.5 Å². The first-order chi connectivity index (χ1) is 7.81. The number of nitrogens with one attached hydrogen (secondary N) is 1. The molecule has 1 unspecified atom stereocenters. The molecule has 1 fully saturated rings. The van der Waals surface area contributed by atoms with E-state index in [0.717, 1.165) is 25.7 Å². The maximum absolute atomic E-state index is 12.1. The van der Waals surface area contributed by atoms with Crippen molar-refractivity contribution >= 4 is 5.91 Å². The van der Waals surface area contributed by atoms with Gasteiger partial charge in [-0.2, -0.15) is 0 Å². The Balaban J connectivity index is 2.65. The lowest BCUT2D eigenvalue weighted by Crippen LogP contribution is -2.59. The molecule has 0 saturated heterocycles. The highest BCUT2D eigenvalue weighted by molar-refractivity contribution is 5.83. The molecule has 4 N–H and O–H groups in total. The van der Waals surface area contributed by atoms with Crippen molar-refractivity contribution in [1.82, 2.24) is 5.32 Å². The third-order valence-corrected chi connectivity index (χ3v) is 3.72. The maximum atomic E-state index is 12.1. The molecule has 1 rings (SSSR count). The highest BCUT2D eigenvalue weighted by Gasteiger charge is 2.36. The number of aliphatic hydroxyl groups is 1. The topological polar surface area (TPSA) is 75.4 Å². The van der Waals surface area contributed by atoms with Crippen molar-refractivity contribution in [3.63, 3.8) is 0 Å². The molecule has 0 aromatic carbocycles. The van der Waals surface area contributed by atoms with E-state index in [9.17, 15) is 9.90 Å². The van der Waals surface area contributed by atoms with Crippen LogP contribution in [0.3, 0.4) is 0 Å². The summed E-state index contributed by atoms with van der Waals surface area (Å²) in [6.07, 6.45) is 5.01. The molecular formula is C13H26N2O2. The molecule has 0 radical (unpaired) electrons. The van der Waals surface area contributed by atoms with Crippen LogP contribution in [0.25, 0.3) is 0 Å². The Morgan fingerprint density at radius 3 is 2.29 bits per heavy atom. The van der Waals surface area contributed by atoms with Crippen LogP contribution >= 0.6 is 0 Å². The van der Waals surface area contributed by atoms with Crippen molar-refractivity contribution in [2.75, 3.05) is 6.61 Å². The highest BCUT2D eigenvalue weighted by atomic mass is 16.3. The first kappa shape index (κ1) is 14.5. The van der Waals surface area contributed by atoms with Gasteiger partial charge in [-0.3, -0.25) is 4.79 Å². The van der Waals surface area contributed by atoms with Crippen molar-refractivity contribution in [2.24, 2.45) is 11.1 Å². The number of nitrogens with two attached hydrogens (primary N) is 1. The van der Waals surface area contributed by atoms with Crippen LogP contribution in [0.2, 0.25) is 0 Å². The zero-order valence-corrected chi connectivity index (χ0v) is 11.3. The second-order valence-corrected chi connectivity index (χ2v) is 6.33. The second-order valence-electron chi connectivity index (χ2n) is 6.33. The molecule has 4 nitrogen and oxygen atoms in total. The standard InChI is InChI=1S/C13H26N2O2/c1-12(2,3)10(14)11(17)15-13(9-16)7-5-4-6-8-13/h10,16H,4-9,14H2,1-3H3,(H,15,17). The van der Waals surface area contributed by atoms with Crippen LogP contribution in [0, 0.1) is 5.41 Å². The number of hydrogen-bond acceptors (Lipinski definition) is 3. The quantitative estimate of drug-likeness (QED) is 0.695. The molecule has 0 spiro atoms. The third-order valence-electron chi connectivity index (χ3n) is 3.72. The van der Waals surface area contributed by atoms with Crippen LogP contribution in [0.15, 0.2) is 0 Å². The van der Waals surface area contributed by atoms with E-state index < -0.39 is 11.6 Å². The smallest absolute Gasteiger partial charge is 0.237 e. The Kier molecular flexibility index (Phi) is 4.55. The molecule has 0 aromatic heterocycles. The zero-order chi connectivity index (χ0) is 13.1. The zero-order valence-electron chi connectivity index (χ0n) is 11.3. The SMILES string of the molecule is CC(C)(C)C(N)C(=O)NC1(CO)CCCCC1. The van der Waals surface area contributed by atoms with Gasteiger partial charge < -0.3 is 16.2 Å². The summed E-state index contributed by atoms with van der Waals surface area (Å²) in [5.41, 5.74) is 5.24. The molecule has 0 aliphatic heterocycles. The van der Waals surface area contributed by atoms with E-state index in [1.165, 1.54) is 6.42 Å². The molecule has 1 aliphatic rings. The van der Waals surface area contributed by atoms with Gasteiger partial charge in [-0.25, -0.2) is 0 Å². The number of carbonyl (C=O) groups excluding carboxylic acids is 1. The van der Waals surface area contributed by atoms with E-state index in [1.807, 2.05) is 20.8 Å². The fourth-order valence-electron chi connectivity index (χ4n) is 2.28. The fourth-order valence-corrected chi connectivity index (χ4v) is 2.28. The van der Waals surface area contributed by atoms with Gasteiger partial charge in [0.25, 0.3) is 0 Å². The van der Waals surface area contributed by atoms with E-state index in [1.54, 1.807) is 0 Å². The number of rotatable bonds is 3. The first-order valence-corrected chi connectivity index (χ1v) is 6.49. The van der Waals surface area contributed by atoms with Gasteiger partial charge in [-0.15, -0.1) is 0 Å². The molecule has 0 aromatic rings. The third kappa shape index (κ3) is 3.68. The molecule has 17 heavy (non-hydrogen) atoms. The molecule has 0 bridgehead atoms. The minimum atomic E-state index is -0.534. The van der Waals surface area contributed by atoms with E-state index >= 15 is 0 Å². The van der Waals surface area contributed by atoms with Crippen LogP contribution in [0.1, 0.15) is 52.9 Å².